The number of nitrogens with one attached hydrogen (secondary N) is 1. The number of hydroxylamine groups is 1. The summed E-state index contributed by atoms with van der Waals surface area (Å²) < 4.78 is 0. The van der Waals surface area contributed by atoms with Crippen molar-refractivity contribution in [3.63, 3.8) is 0 Å². The highest BCUT2D eigenvalue weighted by Gasteiger charge is 1.72. The molecule has 0 bridgehead atoms. The van der Waals surface area contributed by atoms with Gasteiger partial charge in [0, 0.05) is 12.4 Å². The van der Waals surface area contributed by atoms with Crippen LogP contribution >= 0.6 is 0 Å². The van der Waals surface area contributed by atoms with Crippen LogP contribution in [0.25, 0.3) is 0 Å². The van der Waals surface area contributed by atoms with E-state index in [0.717, 1.165) is 0 Å². The van der Waals surface area contributed by atoms with Gasteiger partial charge in [-0.1, -0.05) is 0 Å². The van der Waals surface area contributed by atoms with E-state index >= 15 is 0 Å². The maximum absolute atomic E-state index is 4.55. The SMILES string of the molecule is C1=CNOC=C1.[N]. The average molecular weight is 97.1 g/mol. The lowest BCUT2D eigenvalue weighted by Crippen LogP contribution is -2.01. The normalized spacial score (nSPS) is 13.7. The Morgan fingerprint density at radius 2 is 2.14 bits per heavy atom. The maximum atomic E-state index is 4.55. The Labute approximate surface area is 42.2 Å². The fourth-order valence-electron chi connectivity index (χ4n) is 0.258. The summed E-state index contributed by atoms with van der Waals surface area (Å²) in [4.78, 5) is 4.55. The zero-order valence-electron chi connectivity index (χ0n) is 3.66. The Kier molecular flexibility index (Phi) is 2.79. The molecule has 0 saturated heterocycles. The van der Waals surface area contributed by atoms with Gasteiger partial charge in [-0.2, -0.15) is 0 Å². The fourth-order valence-corrected chi connectivity index (χ4v) is 0.258. The molecular weight excluding hydrogens is 92.1 g/mol. The van der Waals surface area contributed by atoms with Crippen molar-refractivity contribution >= 4 is 0 Å². The van der Waals surface area contributed by atoms with Crippen molar-refractivity contribution in [1.29, 1.82) is 0 Å². The van der Waals surface area contributed by atoms with Crippen molar-refractivity contribution in [2.75, 3.05) is 0 Å². The minimum atomic E-state index is 0. The molecule has 0 amide bonds. The van der Waals surface area contributed by atoms with Gasteiger partial charge in [-0.15, -0.1) is 0 Å². The van der Waals surface area contributed by atoms with E-state index < -0.39 is 0 Å². The van der Waals surface area contributed by atoms with Crippen LogP contribution in [-0.4, -0.2) is 0 Å². The standard InChI is InChI=1S/C4H5NO.N/c1-2-4-6-5-3-1;/h1-5H;. The average Bonchev–Trinajstić information content (AvgIpc) is 1.72. The second-order valence-electron chi connectivity index (χ2n) is 0.923. The number of allylic oxidation sites excluding steroid dienone is 2. The van der Waals surface area contributed by atoms with Crippen LogP contribution in [0.1, 0.15) is 0 Å². The van der Waals surface area contributed by atoms with Crippen LogP contribution in [0.3, 0.4) is 0 Å². The predicted molar refractivity (Wildman–Crippen MR) is 24.6 cm³/mol. The number of hydrogen-bond donors (Lipinski definition) is 1. The van der Waals surface area contributed by atoms with Crippen LogP contribution in [-0.2, 0) is 4.84 Å². The molecule has 0 spiro atoms. The molecule has 3 heteroatoms. The van der Waals surface area contributed by atoms with E-state index in [-0.39, 0.29) is 6.15 Å². The van der Waals surface area contributed by atoms with Gasteiger partial charge < -0.3 is 4.84 Å². The first-order valence-electron chi connectivity index (χ1n) is 1.73. The van der Waals surface area contributed by atoms with Crippen LogP contribution in [0.15, 0.2) is 24.6 Å². The van der Waals surface area contributed by atoms with Crippen molar-refractivity contribution < 1.29 is 4.84 Å². The monoisotopic (exact) mass is 97.0 g/mol. The van der Waals surface area contributed by atoms with Gasteiger partial charge in [0.25, 0.3) is 0 Å². The third-order valence-electron chi connectivity index (χ3n) is 0.490. The molecule has 0 aromatic carbocycles. The second kappa shape index (κ2) is 3.24. The molecule has 1 aliphatic rings. The van der Waals surface area contributed by atoms with Crippen LogP contribution in [0.5, 0.6) is 0 Å². The molecule has 0 unspecified atom stereocenters. The van der Waals surface area contributed by atoms with Crippen LogP contribution in [0.2, 0.25) is 0 Å². The van der Waals surface area contributed by atoms with Gasteiger partial charge in [-0.3, -0.25) is 0 Å². The quantitative estimate of drug-likeness (QED) is 0.465. The van der Waals surface area contributed by atoms with Gasteiger partial charge in [-0.05, 0) is 12.2 Å². The van der Waals surface area contributed by atoms with E-state index in [1.54, 1.807) is 18.5 Å². The summed E-state index contributed by atoms with van der Waals surface area (Å²) in [5, 5.41) is 0. The van der Waals surface area contributed by atoms with Gasteiger partial charge in [0.2, 0.25) is 0 Å². The third-order valence-corrected chi connectivity index (χ3v) is 0.490. The van der Waals surface area contributed by atoms with Crippen LogP contribution < -0.4 is 11.6 Å². The first-order chi connectivity index (χ1) is 3.00. The molecule has 0 fully saturated rings. The van der Waals surface area contributed by atoms with E-state index in [9.17, 15) is 0 Å². The highest BCUT2D eigenvalue weighted by Crippen LogP contribution is 1.80. The van der Waals surface area contributed by atoms with E-state index in [1.165, 1.54) is 0 Å². The summed E-state index contributed by atoms with van der Waals surface area (Å²) in [6, 6.07) is 0. The molecule has 37 valence electrons. The van der Waals surface area contributed by atoms with Crippen molar-refractivity contribution in [1.82, 2.24) is 11.6 Å². The summed E-state index contributed by atoms with van der Waals surface area (Å²) in [6.45, 7) is 0. The van der Waals surface area contributed by atoms with Crippen LogP contribution in [0, 0.1) is 0 Å². The van der Waals surface area contributed by atoms with E-state index in [1.807, 2.05) is 6.08 Å². The lowest BCUT2D eigenvalue weighted by atomic mass is 10.6. The maximum Gasteiger partial charge on any atom is 0.119 e. The molecule has 1 N–H and O–H groups in total. The minimum absolute atomic E-state index is 0. The topological polar surface area (TPSA) is 51.8 Å². The number of nitrogens with zero attached hydrogens (tertiary/aromatic N) is 1. The fraction of sp³-hybridized carbons (Fsp3) is 0. The molecule has 7 heavy (non-hydrogen) atoms. The summed E-state index contributed by atoms with van der Waals surface area (Å²) in [7, 11) is 0. The summed E-state index contributed by atoms with van der Waals surface area (Å²) in [5.41, 5.74) is 2.52. The summed E-state index contributed by atoms with van der Waals surface area (Å²) >= 11 is 0. The molecule has 0 atom stereocenters. The Bertz CT molecular complexity index is 75.7. The Morgan fingerprint density at radius 1 is 1.29 bits per heavy atom. The molecule has 1 heterocycles. The van der Waals surface area contributed by atoms with Crippen molar-refractivity contribution in [3.8, 4) is 0 Å². The van der Waals surface area contributed by atoms with E-state index in [0.29, 0.717) is 0 Å². The first-order valence-corrected chi connectivity index (χ1v) is 1.73. The molecule has 0 aromatic rings. The smallest absolute Gasteiger partial charge is 0.119 e. The van der Waals surface area contributed by atoms with Crippen molar-refractivity contribution in [2.45, 2.75) is 0 Å². The largest absolute Gasteiger partial charge is 0.391 e. The molecule has 0 aromatic heterocycles. The highest BCUT2D eigenvalue weighted by molar-refractivity contribution is 5.00. The van der Waals surface area contributed by atoms with Crippen molar-refractivity contribution in [2.24, 2.45) is 0 Å². The number of hydrogen-bond acceptors (Lipinski definition) is 2. The second-order valence-corrected chi connectivity index (χ2v) is 0.923. The zero-order chi connectivity index (χ0) is 4.24. The zero-order valence-corrected chi connectivity index (χ0v) is 3.66. The third kappa shape index (κ3) is 1.83. The molecule has 1 aliphatic heterocycles. The van der Waals surface area contributed by atoms with E-state index in [4.69, 9.17) is 0 Å². The highest BCUT2D eigenvalue weighted by atomic mass is 16.6. The first kappa shape index (κ1) is 6.04. The van der Waals surface area contributed by atoms with Gasteiger partial charge in [0.1, 0.15) is 6.26 Å². The summed E-state index contributed by atoms with van der Waals surface area (Å²) in [5.74, 6) is 0. The Balaban J connectivity index is 0.000000360. The van der Waals surface area contributed by atoms with Gasteiger partial charge in [-0.25, -0.2) is 5.48 Å². The van der Waals surface area contributed by atoms with E-state index in [2.05, 4.69) is 10.3 Å². The predicted octanol–water partition coefficient (Wildman–Crippen LogP) is 0.0680. The molecular formula is C4H5N2O. The van der Waals surface area contributed by atoms with Gasteiger partial charge in [0.15, 0.2) is 0 Å². The molecule has 0 aliphatic carbocycles. The molecule has 0 saturated carbocycles. The molecule has 1 rings (SSSR count). The number of rotatable bonds is 0. The van der Waals surface area contributed by atoms with Crippen LogP contribution in [0.4, 0.5) is 0 Å². The lowest BCUT2D eigenvalue weighted by Gasteiger charge is -1.97. The summed E-state index contributed by atoms with van der Waals surface area (Å²) in [6.07, 6.45) is 6.93. The Hall–Kier alpha value is -0.960. The molecule has 3 nitrogen and oxygen atoms in total. The van der Waals surface area contributed by atoms with Gasteiger partial charge >= 0.3 is 0 Å². The Morgan fingerprint density at radius 3 is 2.29 bits per heavy atom. The molecule has 3 radical (unpaired) electrons. The van der Waals surface area contributed by atoms with Crippen molar-refractivity contribution in [3.05, 3.63) is 24.6 Å². The van der Waals surface area contributed by atoms with Gasteiger partial charge in [0.05, 0.1) is 0 Å². The minimum Gasteiger partial charge on any atom is -0.391 e. The lowest BCUT2D eigenvalue weighted by molar-refractivity contribution is 0.172.